The van der Waals surface area contributed by atoms with Gasteiger partial charge in [0.15, 0.2) is 6.29 Å². The molecule has 2 heterocycles. The first-order valence-electron chi connectivity index (χ1n) is 6.15. The molecule has 2 aromatic heterocycles. The van der Waals surface area contributed by atoms with E-state index >= 15 is 0 Å². The molecule has 0 spiro atoms. The summed E-state index contributed by atoms with van der Waals surface area (Å²) in [5, 5.41) is 7.08. The van der Waals surface area contributed by atoms with Crippen molar-refractivity contribution in [2.75, 3.05) is 5.73 Å². The molecule has 1 atom stereocenters. The van der Waals surface area contributed by atoms with Crippen molar-refractivity contribution in [1.82, 2.24) is 19.6 Å². The molecule has 2 rings (SSSR count). The number of pyridine rings is 1. The van der Waals surface area contributed by atoms with Crippen molar-refractivity contribution in [3.05, 3.63) is 40.3 Å². The van der Waals surface area contributed by atoms with Gasteiger partial charge in [-0.25, -0.2) is 9.07 Å². The first-order valence-corrected chi connectivity index (χ1v) is 6.15. The van der Waals surface area contributed by atoms with E-state index in [1.807, 2.05) is 0 Å². The number of carbonyl (C=O) groups is 1. The first kappa shape index (κ1) is 14.8. The second-order valence-electron chi connectivity index (χ2n) is 4.45. The van der Waals surface area contributed by atoms with Gasteiger partial charge in [-0.3, -0.25) is 9.59 Å². The molecule has 9 heteroatoms. The van der Waals surface area contributed by atoms with Gasteiger partial charge in [-0.2, -0.15) is 4.39 Å². The van der Waals surface area contributed by atoms with Crippen LogP contribution in [0, 0.1) is 5.82 Å². The van der Waals surface area contributed by atoms with Crippen LogP contribution in [0.4, 0.5) is 14.5 Å². The largest absolute Gasteiger partial charge is 0.396 e. The third kappa shape index (κ3) is 3.50. The van der Waals surface area contributed by atoms with Crippen LogP contribution in [-0.2, 0) is 13.1 Å². The van der Waals surface area contributed by atoms with E-state index in [4.69, 9.17) is 5.73 Å². The minimum absolute atomic E-state index is 0.00638. The molecule has 1 unspecified atom stereocenters. The van der Waals surface area contributed by atoms with Crippen molar-refractivity contribution in [3.63, 3.8) is 0 Å². The number of hydrogen-bond acceptors (Lipinski definition) is 5. The number of nitrogens with two attached hydrogens (primary N) is 1. The van der Waals surface area contributed by atoms with E-state index in [-0.39, 0.29) is 30.9 Å². The van der Waals surface area contributed by atoms with Crippen LogP contribution in [0.15, 0.2) is 23.3 Å². The molecule has 0 aliphatic heterocycles. The van der Waals surface area contributed by atoms with E-state index in [0.717, 1.165) is 4.57 Å². The third-order valence-electron chi connectivity index (χ3n) is 2.88. The molecule has 0 bridgehead atoms. The van der Waals surface area contributed by atoms with Crippen LogP contribution in [0.25, 0.3) is 0 Å². The number of hydrogen-bond donors (Lipinski definition) is 1. The van der Waals surface area contributed by atoms with Crippen LogP contribution in [-0.4, -0.2) is 32.0 Å². The summed E-state index contributed by atoms with van der Waals surface area (Å²) in [6.45, 7) is -0.0977. The Balaban J connectivity index is 1.95. The summed E-state index contributed by atoms with van der Waals surface area (Å²) in [6, 6.07) is 1.25. The van der Waals surface area contributed by atoms with Crippen molar-refractivity contribution in [1.29, 1.82) is 0 Å². The molecular formula is C12H13F2N5O2. The van der Waals surface area contributed by atoms with Crippen molar-refractivity contribution in [2.24, 2.45) is 0 Å². The van der Waals surface area contributed by atoms with Gasteiger partial charge in [-0.1, -0.05) is 5.21 Å². The zero-order valence-electron chi connectivity index (χ0n) is 10.9. The summed E-state index contributed by atoms with van der Waals surface area (Å²) >= 11 is 0. The molecule has 7 nitrogen and oxygen atoms in total. The molecule has 0 aromatic carbocycles. The van der Waals surface area contributed by atoms with Gasteiger partial charge in [-0.15, -0.1) is 5.10 Å². The highest BCUT2D eigenvalue weighted by Crippen LogP contribution is 2.06. The molecule has 0 aliphatic carbocycles. The Labute approximate surface area is 118 Å². The Bertz CT molecular complexity index is 697. The lowest BCUT2D eigenvalue weighted by Gasteiger charge is -2.10. The Morgan fingerprint density at radius 3 is 2.90 bits per heavy atom. The van der Waals surface area contributed by atoms with Crippen LogP contribution in [0.2, 0.25) is 0 Å². The summed E-state index contributed by atoms with van der Waals surface area (Å²) in [6.07, 6.45) is 1.80. The Morgan fingerprint density at radius 2 is 2.24 bits per heavy atom. The number of halogens is 2. The van der Waals surface area contributed by atoms with Gasteiger partial charge in [0, 0.05) is 12.7 Å². The minimum atomic E-state index is -1.32. The standard InChI is InChI=1S/C12H13F2N5O2/c13-8(5-19-6-9(7-20)16-17-19)1-3-18-4-2-10(15)11(14)12(18)21/h2,4,6-8H,1,3,5,15H2. The van der Waals surface area contributed by atoms with E-state index in [1.54, 1.807) is 0 Å². The van der Waals surface area contributed by atoms with Crippen LogP contribution in [0.1, 0.15) is 16.9 Å². The van der Waals surface area contributed by atoms with Gasteiger partial charge in [0.05, 0.1) is 18.4 Å². The fourth-order valence-corrected chi connectivity index (χ4v) is 1.77. The van der Waals surface area contributed by atoms with Gasteiger partial charge in [-0.05, 0) is 12.5 Å². The second kappa shape index (κ2) is 6.25. The molecule has 0 aliphatic rings. The maximum absolute atomic E-state index is 13.8. The van der Waals surface area contributed by atoms with Crippen molar-refractivity contribution in [2.45, 2.75) is 25.7 Å². The monoisotopic (exact) mass is 297 g/mol. The zero-order chi connectivity index (χ0) is 15.4. The van der Waals surface area contributed by atoms with Crippen molar-refractivity contribution in [3.8, 4) is 0 Å². The normalized spacial score (nSPS) is 12.3. The molecule has 0 radical (unpaired) electrons. The minimum Gasteiger partial charge on any atom is -0.396 e. The van der Waals surface area contributed by atoms with E-state index in [0.29, 0.717) is 6.29 Å². The summed E-state index contributed by atoms with van der Waals surface area (Å²) in [5.41, 5.74) is 4.24. The third-order valence-corrected chi connectivity index (χ3v) is 2.88. The number of carbonyl (C=O) groups excluding carboxylic acids is 1. The number of aryl methyl sites for hydroxylation is 1. The van der Waals surface area contributed by atoms with Crippen molar-refractivity contribution >= 4 is 12.0 Å². The van der Waals surface area contributed by atoms with Crippen LogP contribution < -0.4 is 11.3 Å². The second-order valence-corrected chi connectivity index (χ2v) is 4.45. The van der Waals surface area contributed by atoms with Gasteiger partial charge >= 0.3 is 0 Å². The predicted molar refractivity (Wildman–Crippen MR) is 70.0 cm³/mol. The quantitative estimate of drug-likeness (QED) is 0.779. The van der Waals surface area contributed by atoms with Crippen LogP contribution in [0.5, 0.6) is 0 Å². The fourth-order valence-electron chi connectivity index (χ4n) is 1.77. The first-order chi connectivity index (χ1) is 10.0. The summed E-state index contributed by atoms with van der Waals surface area (Å²) in [5.74, 6) is -1.04. The van der Waals surface area contributed by atoms with E-state index in [2.05, 4.69) is 10.3 Å². The molecule has 112 valence electrons. The molecule has 0 saturated heterocycles. The number of nitrogen functional groups attached to an aromatic ring is 1. The molecule has 2 N–H and O–H groups in total. The van der Waals surface area contributed by atoms with Gasteiger partial charge < -0.3 is 10.3 Å². The lowest BCUT2D eigenvalue weighted by Crippen LogP contribution is -2.25. The average Bonchev–Trinajstić information content (AvgIpc) is 2.91. The maximum atomic E-state index is 13.8. The smallest absolute Gasteiger partial charge is 0.288 e. The summed E-state index contributed by atoms with van der Waals surface area (Å²) < 4.78 is 29.3. The number of alkyl halides is 1. The molecule has 21 heavy (non-hydrogen) atoms. The van der Waals surface area contributed by atoms with Crippen molar-refractivity contribution < 1.29 is 13.6 Å². The SMILES string of the molecule is Nc1ccn(CCC(F)Cn2cc(C=O)nn2)c(=O)c1F. The Kier molecular flexibility index (Phi) is 4.41. The topological polar surface area (TPSA) is 95.8 Å². The Morgan fingerprint density at radius 1 is 1.48 bits per heavy atom. The number of rotatable bonds is 6. The molecule has 2 aromatic rings. The maximum Gasteiger partial charge on any atom is 0.288 e. The van der Waals surface area contributed by atoms with E-state index < -0.39 is 17.5 Å². The number of aldehydes is 1. The number of nitrogens with zero attached hydrogens (tertiary/aromatic N) is 4. The number of anilines is 1. The number of aromatic nitrogens is 4. The van der Waals surface area contributed by atoms with Gasteiger partial charge in [0.1, 0.15) is 11.9 Å². The fraction of sp³-hybridized carbons (Fsp3) is 0.333. The van der Waals surface area contributed by atoms with Gasteiger partial charge in [0.25, 0.3) is 5.56 Å². The molecule has 0 amide bonds. The van der Waals surface area contributed by atoms with Crippen LogP contribution >= 0.6 is 0 Å². The molecular weight excluding hydrogens is 284 g/mol. The van der Waals surface area contributed by atoms with Gasteiger partial charge in [0.2, 0.25) is 5.82 Å². The highest BCUT2D eigenvalue weighted by atomic mass is 19.1. The molecule has 0 fully saturated rings. The zero-order valence-corrected chi connectivity index (χ0v) is 10.9. The summed E-state index contributed by atoms with van der Waals surface area (Å²) in [7, 11) is 0. The van der Waals surface area contributed by atoms with Crippen LogP contribution in [0.3, 0.4) is 0 Å². The lowest BCUT2D eigenvalue weighted by molar-refractivity contribution is 0.111. The lowest BCUT2D eigenvalue weighted by atomic mass is 10.2. The molecule has 0 saturated carbocycles. The highest BCUT2D eigenvalue weighted by molar-refractivity contribution is 5.70. The average molecular weight is 297 g/mol. The van der Waals surface area contributed by atoms with E-state index in [1.165, 1.54) is 23.1 Å². The summed E-state index contributed by atoms with van der Waals surface area (Å²) in [4.78, 5) is 21.9. The predicted octanol–water partition coefficient (Wildman–Crippen LogP) is 0.402. The highest BCUT2D eigenvalue weighted by Gasteiger charge is 2.12. The van der Waals surface area contributed by atoms with E-state index in [9.17, 15) is 18.4 Å². The Hall–Kier alpha value is -2.58.